The van der Waals surface area contributed by atoms with Crippen molar-refractivity contribution < 1.29 is 14.6 Å². The second-order valence-electron chi connectivity index (χ2n) is 5.30. The van der Waals surface area contributed by atoms with Crippen LogP contribution >= 0.6 is 11.6 Å². The van der Waals surface area contributed by atoms with Gasteiger partial charge in [-0.1, -0.05) is 18.0 Å². The molecule has 0 bridgehead atoms. The van der Waals surface area contributed by atoms with Crippen LogP contribution in [0.4, 0.5) is 0 Å². The Morgan fingerprint density at radius 3 is 2.47 bits per heavy atom. The molecule has 1 heterocycles. The lowest BCUT2D eigenvalue weighted by Crippen LogP contribution is -2.50. The molecule has 1 atom stereocenters. The fraction of sp³-hybridized carbons (Fsp3) is 0.571. The van der Waals surface area contributed by atoms with Crippen LogP contribution in [0.3, 0.4) is 0 Å². The molecule has 1 saturated carbocycles. The van der Waals surface area contributed by atoms with Crippen LogP contribution in [0.1, 0.15) is 36.7 Å². The lowest BCUT2D eigenvalue weighted by atomic mass is 9.63. The molecule has 1 aromatic rings. The smallest absolute Gasteiger partial charge is 0.184 e. The molecule has 1 aliphatic carbocycles. The van der Waals surface area contributed by atoms with Crippen molar-refractivity contribution in [3.8, 4) is 0 Å². The number of nitrogens with two attached hydrogens (primary N) is 1. The summed E-state index contributed by atoms with van der Waals surface area (Å²) in [5.41, 5.74) is 7.28. The van der Waals surface area contributed by atoms with Crippen LogP contribution < -0.4 is 5.73 Å². The third kappa shape index (κ3) is 2.28. The van der Waals surface area contributed by atoms with E-state index >= 15 is 0 Å². The van der Waals surface area contributed by atoms with Crippen LogP contribution in [-0.4, -0.2) is 24.5 Å². The molecule has 3 rings (SSSR count). The second-order valence-corrected chi connectivity index (χ2v) is 5.74. The molecule has 104 valence electrons. The number of ether oxygens (including phenoxy) is 2. The first-order valence-electron chi connectivity index (χ1n) is 6.60. The van der Waals surface area contributed by atoms with E-state index in [-0.39, 0.29) is 11.7 Å². The van der Waals surface area contributed by atoms with Crippen molar-refractivity contribution in [3.63, 3.8) is 0 Å². The molecule has 2 fully saturated rings. The molecule has 4 nitrogen and oxygen atoms in total. The van der Waals surface area contributed by atoms with Crippen LogP contribution in [0, 0.1) is 0 Å². The van der Waals surface area contributed by atoms with Crippen LogP contribution in [-0.2, 0) is 14.9 Å². The minimum Gasteiger partial charge on any atom is -0.378 e. The maximum Gasteiger partial charge on any atom is 0.184 e. The van der Waals surface area contributed by atoms with Crippen LogP contribution in [0.2, 0.25) is 5.02 Å². The van der Waals surface area contributed by atoms with Gasteiger partial charge in [-0.2, -0.15) is 0 Å². The van der Waals surface area contributed by atoms with Crippen molar-refractivity contribution in [1.29, 1.82) is 0 Å². The Balaban J connectivity index is 1.97. The highest BCUT2D eigenvalue weighted by Gasteiger charge is 2.44. The number of benzene rings is 1. The molecule has 19 heavy (non-hydrogen) atoms. The molecule has 2 aliphatic rings. The van der Waals surface area contributed by atoms with E-state index in [9.17, 15) is 5.11 Å². The minimum atomic E-state index is -0.863. The first kappa shape index (κ1) is 13.3. The fourth-order valence-electron chi connectivity index (χ4n) is 2.90. The highest BCUT2D eigenvalue weighted by Crippen LogP contribution is 2.46. The molecular weight excluding hydrogens is 266 g/mol. The molecule has 0 aromatic heterocycles. The van der Waals surface area contributed by atoms with Crippen molar-refractivity contribution in [3.05, 3.63) is 34.3 Å². The van der Waals surface area contributed by atoms with Crippen LogP contribution in [0.25, 0.3) is 0 Å². The summed E-state index contributed by atoms with van der Waals surface area (Å²) in [6, 6.07) is 5.72. The average Bonchev–Trinajstić information content (AvgIpc) is 2.79. The Hall–Kier alpha value is -0.650. The highest BCUT2D eigenvalue weighted by atomic mass is 35.5. The molecule has 5 heteroatoms. The normalized spacial score (nSPS) is 24.2. The monoisotopic (exact) mass is 283 g/mol. The predicted molar refractivity (Wildman–Crippen MR) is 71.8 cm³/mol. The van der Waals surface area contributed by atoms with Gasteiger partial charge in [0.2, 0.25) is 0 Å². The molecule has 1 aliphatic heterocycles. The Kier molecular flexibility index (Phi) is 3.53. The van der Waals surface area contributed by atoms with Crippen molar-refractivity contribution in [2.45, 2.75) is 37.2 Å². The van der Waals surface area contributed by atoms with E-state index in [2.05, 4.69) is 0 Å². The van der Waals surface area contributed by atoms with E-state index in [0.29, 0.717) is 18.2 Å². The van der Waals surface area contributed by atoms with E-state index in [1.54, 1.807) is 0 Å². The maximum absolute atomic E-state index is 9.90. The standard InChI is InChI=1S/C14H18ClNO3/c15-11-7-9(12-18-4-5-19-12)6-10(8-11)14(13(16)17)2-1-3-14/h6-8,12-13,17H,1-5,16H2. The SMILES string of the molecule is NC(O)C1(c2cc(Cl)cc(C3OCCO3)c2)CCC1. The van der Waals surface area contributed by atoms with E-state index in [1.165, 1.54) is 0 Å². The van der Waals surface area contributed by atoms with Gasteiger partial charge in [-0.3, -0.25) is 0 Å². The largest absolute Gasteiger partial charge is 0.378 e. The zero-order chi connectivity index (χ0) is 13.5. The number of hydrogen-bond acceptors (Lipinski definition) is 4. The minimum absolute atomic E-state index is 0.357. The van der Waals surface area contributed by atoms with Crippen molar-refractivity contribution in [1.82, 2.24) is 0 Å². The number of halogens is 1. The zero-order valence-corrected chi connectivity index (χ0v) is 11.4. The van der Waals surface area contributed by atoms with Gasteiger partial charge in [-0.15, -0.1) is 0 Å². The molecule has 0 spiro atoms. The Morgan fingerprint density at radius 1 is 1.26 bits per heavy atom. The number of aliphatic hydroxyl groups excluding tert-OH is 1. The van der Waals surface area contributed by atoms with Gasteiger partial charge in [0.15, 0.2) is 6.29 Å². The van der Waals surface area contributed by atoms with Gasteiger partial charge in [-0.05, 0) is 36.6 Å². The lowest BCUT2D eigenvalue weighted by molar-refractivity contribution is -0.0444. The average molecular weight is 284 g/mol. The third-order valence-corrected chi connectivity index (χ3v) is 4.42. The number of rotatable bonds is 3. The summed E-state index contributed by atoms with van der Waals surface area (Å²) in [5.74, 6) is 0. The zero-order valence-electron chi connectivity index (χ0n) is 10.6. The maximum atomic E-state index is 9.90. The van der Waals surface area contributed by atoms with E-state index in [0.717, 1.165) is 30.4 Å². The Bertz CT molecular complexity index is 468. The topological polar surface area (TPSA) is 64.7 Å². The van der Waals surface area contributed by atoms with Gasteiger partial charge in [0.25, 0.3) is 0 Å². The van der Waals surface area contributed by atoms with Gasteiger partial charge in [-0.25, -0.2) is 0 Å². The van der Waals surface area contributed by atoms with Crippen molar-refractivity contribution in [2.24, 2.45) is 5.73 Å². The van der Waals surface area contributed by atoms with E-state index < -0.39 is 6.23 Å². The Labute approximate surface area is 117 Å². The fourth-order valence-corrected chi connectivity index (χ4v) is 3.14. The first-order valence-corrected chi connectivity index (χ1v) is 6.97. The third-order valence-electron chi connectivity index (χ3n) is 4.20. The summed E-state index contributed by atoms with van der Waals surface area (Å²) < 4.78 is 11.0. The molecule has 1 saturated heterocycles. The molecule has 3 N–H and O–H groups in total. The van der Waals surface area contributed by atoms with E-state index in [1.807, 2.05) is 18.2 Å². The number of hydrogen-bond donors (Lipinski definition) is 2. The molecular formula is C14H18ClNO3. The van der Waals surface area contributed by atoms with Crippen LogP contribution in [0.5, 0.6) is 0 Å². The molecule has 1 aromatic carbocycles. The Morgan fingerprint density at radius 2 is 1.95 bits per heavy atom. The summed E-state index contributed by atoms with van der Waals surface area (Å²) in [4.78, 5) is 0. The molecule has 0 radical (unpaired) electrons. The summed E-state index contributed by atoms with van der Waals surface area (Å²) in [5, 5.41) is 10.5. The van der Waals surface area contributed by atoms with E-state index in [4.69, 9.17) is 26.8 Å². The first-order chi connectivity index (χ1) is 9.12. The number of aliphatic hydroxyl groups is 1. The van der Waals surface area contributed by atoms with Gasteiger partial charge in [0.05, 0.1) is 13.2 Å². The highest BCUT2D eigenvalue weighted by molar-refractivity contribution is 6.30. The molecule has 1 unspecified atom stereocenters. The van der Waals surface area contributed by atoms with Gasteiger partial charge in [0, 0.05) is 16.0 Å². The van der Waals surface area contributed by atoms with Crippen molar-refractivity contribution in [2.75, 3.05) is 13.2 Å². The van der Waals surface area contributed by atoms with Gasteiger partial charge in [0.1, 0.15) is 6.23 Å². The summed E-state index contributed by atoms with van der Waals surface area (Å²) in [7, 11) is 0. The second kappa shape index (κ2) is 5.04. The van der Waals surface area contributed by atoms with Gasteiger partial charge < -0.3 is 20.3 Å². The summed E-state index contributed by atoms with van der Waals surface area (Å²) in [6.45, 7) is 1.19. The predicted octanol–water partition coefficient (Wildman–Crippen LogP) is 2.08. The summed E-state index contributed by atoms with van der Waals surface area (Å²) >= 11 is 6.19. The van der Waals surface area contributed by atoms with Crippen LogP contribution in [0.15, 0.2) is 18.2 Å². The quantitative estimate of drug-likeness (QED) is 0.834. The lowest BCUT2D eigenvalue weighted by Gasteiger charge is -2.44. The van der Waals surface area contributed by atoms with Crippen molar-refractivity contribution >= 4 is 11.6 Å². The van der Waals surface area contributed by atoms with Gasteiger partial charge >= 0.3 is 0 Å². The summed E-state index contributed by atoms with van der Waals surface area (Å²) in [6.07, 6.45) is 1.63. The molecule has 0 amide bonds.